The Bertz CT molecular complexity index is 872. The number of hydrogen-bond acceptors (Lipinski definition) is 4. The normalized spacial score (nSPS) is 8.09. The van der Waals surface area contributed by atoms with Crippen LogP contribution in [0.15, 0.2) is 30.5 Å². The Morgan fingerprint density at radius 2 is 1.31 bits per heavy atom. The first-order chi connectivity index (χ1) is 15.4. The van der Waals surface area contributed by atoms with Gasteiger partial charge in [-0.25, -0.2) is 0 Å². The molecule has 0 aliphatic carbocycles. The van der Waals surface area contributed by atoms with Crippen LogP contribution in [0.2, 0.25) is 0 Å². The molecule has 0 aliphatic rings. The summed E-state index contributed by atoms with van der Waals surface area (Å²) < 4.78 is 47.0. The van der Waals surface area contributed by atoms with Crippen LogP contribution >= 0.6 is 34.8 Å². The molecular formula is C19H11Cl3N2O7W. The van der Waals surface area contributed by atoms with Gasteiger partial charge >= 0.3 is 211 Å². The van der Waals surface area contributed by atoms with Crippen molar-refractivity contribution >= 4 is 38.9 Å². The number of methoxy groups -OCH3 is 2. The molecule has 0 amide bonds. The van der Waals surface area contributed by atoms with Crippen LogP contribution < -0.4 is 4.74 Å². The zero-order valence-electron chi connectivity index (χ0n) is 16.2. The Hall–Kier alpha value is -1.81. The predicted molar refractivity (Wildman–Crippen MR) is 104 cm³/mol. The molecular weight excluding hydrogens is 658 g/mol. The fraction of sp³-hybridized carbons (Fsp3) is 0.158. The molecule has 13 heteroatoms. The first kappa shape index (κ1) is 37.5. The maximum absolute atomic E-state index is 7.50. The minimum absolute atomic E-state index is 0.117. The van der Waals surface area contributed by atoms with Crippen LogP contribution in [-0.4, -0.2) is 28.3 Å². The van der Waals surface area contributed by atoms with Gasteiger partial charge in [0.1, 0.15) is 0 Å². The molecule has 1 aromatic carbocycles. The molecule has 0 bridgehead atoms. The summed E-state index contributed by atoms with van der Waals surface area (Å²) in [6.07, 6.45) is 1.61. The topological polar surface area (TPSA) is 144 Å². The number of hydrogen-bond donors (Lipinski definition) is 0. The van der Waals surface area contributed by atoms with Gasteiger partial charge in [0.2, 0.25) is 0 Å². The van der Waals surface area contributed by atoms with Crippen molar-refractivity contribution in [3.63, 3.8) is 0 Å². The SMILES string of the molecule is CO[C](=[W])c1cnc(C(Cl)(Cl)Cl)nc1-c1ccc(OC)cc1.[C-]#[O+].[C-]#[O+].[C-]#[O+].[C-]#[O+].[C-]#[O+]. The Kier molecular flexibility index (Phi) is 27.9. The van der Waals surface area contributed by atoms with E-state index in [-0.39, 0.29) is 5.82 Å². The van der Waals surface area contributed by atoms with E-state index in [1.54, 1.807) is 20.4 Å². The molecule has 2 rings (SSSR count). The third-order valence-corrected chi connectivity index (χ3v) is 4.71. The molecule has 0 saturated heterocycles. The average molecular weight is 670 g/mol. The minimum atomic E-state index is -1.69. The number of rotatable bonds is 4. The van der Waals surface area contributed by atoms with Crippen molar-refractivity contribution < 1.29 is 52.1 Å². The maximum atomic E-state index is 7.50. The number of nitrogens with zero attached hydrogens (tertiary/aromatic N) is 2. The van der Waals surface area contributed by atoms with Crippen LogP contribution in [0.3, 0.4) is 0 Å². The summed E-state index contributed by atoms with van der Waals surface area (Å²) in [7, 11) is 3.21. The van der Waals surface area contributed by atoms with Gasteiger partial charge in [-0.05, 0) is 0 Å². The number of aromatic nitrogens is 2. The fourth-order valence-electron chi connectivity index (χ4n) is 1.75. The van der Waals surface area contributed by atoms with E-state index in [9.17, 15) is 0 Å². The van der Waals surface area contributed by atoms with E-state index >= 15 is 0 Å². The van der Waals surface area contributed by atoms with Crippen molar-refractivity contribution in [2.24, 2.45) is 0 Å². The second-order valence-corrected chi connectivity index (χ2v) is 7.79. The van der Waals surface area contributed by atoms with Crippen LogP contribution in [0.25, 0.3) is 11.3 Å². The monoisotopic (exact) mass is 668 g/mol. The zero-order chi connectivity index (χ0) is 26.3. The first-order valence-electron chi connectivity index (χ1n) is 7.06. The van der Waals surface area contributed by atoms with Crippen molar-refractivity contribution in [1.82, 2.24) is 9.97 Å². The number of benzene rings is 1. The standard InChI is InChI=1S/C14H11Cl3N2O2.5CO.W/c1-20-8-10-7-18-13(14(15,16)17)19-12(10)9-3-5-11(21-2)6-4-9;5*1-2;/h3-7H,1-2H3;;;;;;. The first-order valence-corrected chi connectivity index (χ1v) is 9.66. The van der Waals surface area contributed by atoms with Crippen molar-refractivity contribution in [2.75, 3.05) is 14.2 Å². The molecule has 0 unspecified atom stereocenters. The van der Waals surface area contributed by atoms with Gasteiger partial charge in [0, 0.05) is 0 Å². The van der Waals surface area contributed by atoms with Gasteiger partial charge in [0.05, 0.1) is 0 Å². The molecule has 1 heterocycles. The fourth-order valence-corrected chi connectivity index (χ4v) is 2.56. The summed E-state index contributed by atoms with van der Waals surface area (Å²) in [4.78, 5) is 8.52. The molecule has 166 valence electrons. The van der Waals surface area contributed by atoms with E-state index in [1.807, 2.05) is 24.3 Å². The van der Waals surface area contributed by atoms with Crippen molar-refractivity contribution in [2.45, 2.75) is 3.79 Å². The molecule has 1 aromatic heterocycles. The van der Waals surface area contributed by atoms with E-state index < -0.39 is 3.79 Å². The summed E-state index contributed by atoms with van der Waals surface area (Å²) in [5.74, 6) is 0.866. The van der Waals surface area contributed by atoms with Crippen LogP contribution in [0.4, 0.5) is 0 Å². The molecule has 0 fully saturated rings. The number of halogens is 3. The van der Waals surface area contributed by atoms with Gasteiger partial charge < -0.3 is 0 Å². The van der Waals surface area contributed by atoms with Crippen molar-refractivity contribution in [3.8, 4) is 17.0 Å². The van der Waals surface area contributed by atoms with Gasteiger partial charge in [-0.3, -0.25) is 0 Å². The Labute approximate surface area is 210 Å². The van der Waals surface area contributed by atoms with E-state index in [1.165, 1.54) is 0 Å². The van der Waals surface area contributed by atoms with Gasteiger partial charge in [-0.15, -0.1) is 0 Å². The molecule has 9 nitrogen and oxygen atoms in total. The quantitative estimate of drug-likeness (QED) is 0.279. The van der Waals surface area contributed by atoms with Crippen LogP contribution in [-0.2, 0) is 51.1 Å². The molecule has 0 saturated carbocycles. The second-order valence-electron chi connectivity index (χ2n) is 4.17. The van der Waals surface area contributed by atoms with Gasteiger partial charge in [0.15, 0.2) is 0 Å². The van der Waals surface area contributed by atoms with Crippen molar-refractivity contribution in [3.05, 3.63) is 75.1 Å². The summed E-state index contributed by atoms with van der Waals surface area (Å²) in [6.45, 7) is 22.5. The molecule has 2 aromatic rings. The van der Waals surface area contributed by atoms with E-state index in [4.69, 9.17) is 67.5 Å². The van der Waals surface area contributed by atoms with E-state index in [2.05, 4.69) is 43.2 Å². The number of ether oxygens (including phenoxy) is 2. The Morgan fingerprint density at radius 1 is 0.875 bits per heavy atom. The molecule has 0 atom stereocenters. The molecule has 0 radical (unpaired) electrons. The van der Waals surface area contributed by atoms with E-state index in [0.29, 0.717) is 5.69 Å². The zero-order valence-corrected chi connectivity index (χ0v) is 21.4. The third kappa shape index (κ3) is 13.6. The summed E-state index contributed by atoms with van der Waals surface area (Å²) in [6, 6.07) is 7.44. The van der Waals surface area contributed by atoms with Crippen LogP contribution in [0.1, 0.15) is 11.4 Å². The van der Waals surface area contributed by atoms with Gasteiger partial charge in [-0.2, -0.15) is 0 Å². The predicted octanol–water partition coefficient (Wildman–Crippen LogP) is 3.46. The Morgan fingerprint density at radius 3 is 1.66 bits per heavy atom. The third-order valence-electron chi connectivity index (χ3n) is 2.81. The number of alkyl halides is 3. The Balaban J connectivity index is -0.000000345. The van der Waals surface area contributed by atoms with Gasteiger partial charge in [0.25, 0.3) is 0 Å². The average Bonchev–Trinajstić information content (AvgIpc) is 2.88. The molecule has 0 aliphatic heterocycles. The summed E-state index contributed by atoms with van der Waals surface area (Å²) >= 11 is 18.8. The summed E-state index contributed by atoms with van der Waals surface area (Å²) in [5.41, 5.74) is 2.26. The van der Waals surface area contributed by atoms with Crippen LogP contribution in [0, 0.1) is 33.3 Å². The van der Waals surface area contributed by atoms with Crippen molar-refractivity contribution in [1.29, 1.82) is 0 Å². The second kappa shape index (κ2) is 23.8. The van der Waals surface area contributed by atoms with Crippen LogP contribution in [0.5, 0.6) is 5.75 Å². The molecule has 0 spiro atoms. The van der Waals surface area contributed by atoms with Gasteiger partial charge in [-0.1, -0.05) is 0 Å². The molecule has 32 heavy (non-hydrogen) atoms. The van der Waals surface area contributed by atoms with E-state index in [0.717, 1.165) is 40.3 Å². The summed E-state index contributed by atoms with van der Waals surface area (Å²) in [5, 5.41) is 0. The molecule has 0 N–H and O–H groups in total.